The molecule has 5 rings (SSSR count). The summed E-state index contributed by atoms with van der Waals surface area (Å²) >= 11 is 0. The molecular formula is C47H71NO13. The van der Waals surface area contributed by atoms with Crippen LogP contribution in [0.3, 0.4) is 0 Å². The monoisotopic (exact) mass is 857 g/mol. The highest BCUT2D eigenvalue weighted by Gasteiger charge is 2.56. The molecule has 1 aromatic heterocycles. The summed E-state index contributed by atoms with van der Waals surface area (Å²) in [6.45, 7) is 11.5. The standard InChI is InChI=1S/C47H71NO13/c1-9-33-20-27(2)19-28(3)21-40(56-7)43-41(57-8)23-30(5)47(55,61-43)44(52)45(53)48-17-11-10-14-35(48)46(54)60-42(31(6)36(49)25-37(33)50)29(4)22-32-15-16-39(38(51)24-32)59-26-34-13-12-18-58-34/h12-13,18,20,22,28,30-33,35-36,38-43,49,51,55H,9-11,14-17,19,21,23-26H2,1-8H3/b27-20+,29-22?. The normalized spacial score (nSPS) is 39.1. The van der Waals surface area contributed by atoms with Crippen LogP contribution in [0, 0.1) is 29.6 Å². The van der Waals surface area contributed by atoms with Gasteiger partial charge in [-0.05, 0) is 108 Å². The lowest BCUT2D eigenvalue weighted by Gasteiger charge is -2.47. The largest absolute Gasteiger partial charge is 0.467 e. The van der Waals surface area contributed by atoms with Crippen LogP contribution in [-0.4, -0.2) is 119 Å². The predicted molar refractivity (Wildman–Crippen MR) is 225 cm³/mol. The minimum Gasteiger partial charge on any atom is -0.467 e. The van der Waals surface area contributed by atoms with Crippen molar-refractivity contribution in [3.05, 3.63) is 47.5 Å². The van der Waals surface area contributed by atoms with Crippen LogP contribution in [0.25, 0.3) is 0 Å². The number of methoxy groups -OCH3 is 2. The number of carbonyl (C=O) groups excluding carboxylic acids is 4. The van der Waals surface area contributed by atoms with E-state index in [4.69, 9.17) is 28.1 Å². The lowest BCUT2D eigenvalue weighted by atomic mass is 9.81. The van der Waals surface area contributed by atoms with Gasteiger partial charge in [0, 0.05) is 44.9 Å². The number of aliphatic hydroxyl groups excluding tert-OH is 2. The summed E-state index contributed by atoms with van der Waals surface area (Å²) < 4.78 is 35.6. The number of furan rings is 1. The summed E-state index contributed by atoms with van der Waals surface area (Å²) in [7, 11) is 3.06. The first-order valence-corrected chi connectivity index (χ1v) is 22.4. The highest BCUT2D eigenvalue weighted by molar-refractivity contribution is 6.39. The lowest BCUT2D eigenvalue weighted by molar-refractivity contribution is -0.302. The van der Waals surface area contributed by atoms with Gasteiger partial charge < -0.3 is 48.3 Å². The lowest BCUT2D eigenvalue weighted by Crippen LogP contribution is -2.64. The fraction of sp³-hybridized carbons (Fsp3) is 0.745. The van der Waals surface area contributed by atoms with Gasteiger partial charge in [0.1, 0.15) is 36.4 Å². The van der Waals surface area contributed by atoms with Crippen molar-refractivity contribution < 1.29 is 62.6 Å². The van der Waals surface area contributed by atoms with Gasteiger partial charge >= 0.3 is 5.97 Å². The molecule has 0 spiro atoms. The molecular weight excluding hydrogens is 787 g/mol. The number of cyclic esters (lactones) is 1. The van der Waals surface area contributed by atoms with Crippen LogP contribution in [-0.2, 0) is 49.5 Å². The zero-order valence-corrected chi connectivity index (χ0v) is 37.5. The predicted octanol–water partition coefficient (Wildman–Crippen LogP) is 5.64. The molecule has 14 nitrogen and oxygen atoms in total. The average Bonchev–Trinajstić information content (AvgIpc) is 3.77. The van der Waals surface area contributed by atoms with Crippen LogP contribution < -0.4 is 0 Å². The van der Waals surface area contributed by atoms with Crippen LogP contribution in [0.5, 0.6) is 0 Å². The number of ether oxygens (including phenoxy) is 5. The number of fused-ring (bicyclic) bond motifs is 3. The highest BCUT2D eigenvalue weighted by atomic mass is 16.7. The first kappa shape index (κ1) is 48.8. The molecule has 3 fully saturated rings. The summed E-state index contributed by atoms with van der Waals surface area (Å²) in [6, 6.07) is 2.44. The maximum atomic E-state index is 14.4. The first-order chi connectivity index (χ1) is 29.0. The van der Waals surface area contributed by atoms with E-state index in [0.29, 0.717) is 62.7 Å². The van der Waals surface area contributed by atoms with Gasteiger partial charge in [-0.3, -0.25) is 14.4 Å². The second-order valence-corrected chi connectivity index (χ2v) is 18.3. The summed E-state index contributed by atoms with van der Waals surface area (Å²) in [5.41, 5.74) is 1.62. The van der Waals surface area contributed by atoms with Crippen LogP contribution in [0.2, 0.25) is 0 Å². The van der Waals surface area contributed by atoms with Gasteiger partial charge in [-0.25, -0.2) is 4.79 Å². The molecule has 14 unspecified atom stereocenters. The van der Waals surface area contributed by atoms with E-state index in [1.807, 2.05) is 39.0 Å². The summed E-state index contributed by atoms with van der Waals surface area (Å²) in [6.07, 6.45) is 4.74. The molecule has 342 valence electrons. The second-order valence-electron chi connectivity index (χ2n) is 18.3. The fourth-order valence-electron chi connectivity index (χ4n) is 9.92. The minimum absolute atomic E-state index is 0.0256. The van der Waals surface area contributed by atoms with Crippen LogP contribution >= 0.6 is 0 Å². The SMILES string of the molecule is CCC1/C=C(\C)CC(C)CC(OC)C2OC(O)(C(=O)C(=O)N3CCCCC3C(=O)OC(C(C)=CC3CCC(OCc4ccco4)C(O)C3)C(C)C(O)CC1=O)C(C)CC2OC. The molecule has 0 radical (unpaired) electrons. The Balaban J connectivity index is 1.47. The molecule has 0 aromatic carbocycles. The molecule has 1 saturated carbocycles. The van der Waals surface area contributed by atoms with Gasteiger partial charge in [0.15, 0.2) is 0 Å². The van der Waals surface area contributed by atoms with Crippen LogP contribution in [0.4, 0.5) is 0 Å². The third kappa shape index (κ3) is 11.9. The van der Waals surface area contributed by atoms with Crippen molar-refractivity contribution in [3.8, 4) is 0 Å². The number of amides is 1. The van der Waals surface area contributed by atoms with Gasteiger partial charge in [0.05, 0.1) is 36.8 Å². The second kappa shape index (κ2) is 21.9. The molecule has 1 amide bonds. The maximum absolute atomic E-state index is 14.4. The zero-order chi connectivity index (χ0) is 44.6. The Morgan fingerprint density at radius 3 is 2.33 bits per heavy atom. The summed E-state index contributed by atoms with van der Waals surface area (Å²) in [4.78, 5) is 58.0. The van der Waals surface area contributed by atoms with Gasteiger partial charge in [-0.15, -0.1) is 0 Å². The number of hydrogen-bond donors (Lipinski definition) is 3. The Hall–Kier alpha value is -3.24. The van der Waals surface area contributed by atoms with E-state index in [9.17, 15) is 34.5 Å². The first-order valence-electron chi connectivity index (χ1n) is 22.4. The van der Waals surface area contributed by atoms with E-state index in [2.05, 4.69) is 0 Å². The molecule has 2 saturated heterocycles. The number of allylic oxidation sites excluding steroid dienone is 3. The third-order valence-electron chi connectivity index (χ3n) is 13.6. The van der Waals surface area contributed by atoms with Crippen molar-refractivity contribution in [2.24, 2.45) is 29.6 Å². The van der Waals surface area contributed by atoms with Crippen molar-refractivity contribution in [1.82, 2.24) is 4.90 Å². The van der Waals surface area contributed by atoms with E-state index in [-0.39, 0.29) is 56.1 Å². The van der Waals surface area contributed by atoms with E-state index < -0.39 is 83.9 Å². The number of esters is 1. The number of nitrogens with zero attached hydrogens (tertiary/aromatic N) is 1. The van der Waals surface area contributed by atoms with E-state index in [1.165, 1.54) is 19.1 Å². The summed E-state index contributed by atoms with van der Waals surface area (Å²) in [5, 5.41) is 34.9. The number of Topliss-reactive ketones (excluding diaryl/α,β-unsaturated/α-hetero) is 2. The molecule has 3 aliphatic heterocycles. The van der Waals surface area contributed by atoms with Gasteiger partial charge in [0.25, 0.3) is 11.7 Å². The highest BCUT2D eigenvalue weighted by Crippen LogP contribution is 2.39. The number of aliphatic hydroxyl groups is 3. The molecule has 61 heavy (non-hydrogen) atoms. The Kier molecular flexibility index (Phi) is 17.5. The molecule has 1 aliphatic carbocycles. The zero-order valence-electron chi connectivity index (χ0n) is 37.5. The average molecular weight is 858 g/mol. The van der Waals surface area contributed by atoms with Gasteiger partial charge in [-0.1, -0.05) is 45.4 Å². The van der Waals surface area contributed by atoms with Crippen molar-refractivity contribution in [1.29, 1.82) is 0 Å². The molecule has 14 heteroatoms. The van der Waals surface area contributed by atoms with Crippen LogP contribution in [0.1, 0.15) is 118 Å². The Morgan fingerprint density at radius 2 is 1.67 bits per heavy atom. The Bertz CT molecular complexity index is 1690. The molecule has 4 aliphatic rings. The number of rotatable bonds is 8. The Labute approximate surface area is 361 Å². The molecule has 1 aromatic rings. The molecule has 2 bridgehead atoms. The maximum Gasteiger partial charge on any atom is 0.329 e. The number of carbonyl (C=O) groups is 4. The van der Waals surface area contributed by atoms with E-state index >= 15 is 0 Å². The fourth-order valence-corrected chi connectivity index (χ4v) is 9.92. The van der Waals surface area contributed by atoms with Crippen molar-refractivity contribution in [2.75, 3.05) is 20.8 Å². The quantitative estimate of drug-likeness (QED) is 0.166. The smallest absolute Gasteiger partial charge is 0.329 e. The number of ketones is 2. The minimum atomic E-state index is -2.51. The molecule has 14 atom stereocenters. The van der Waals surface area contributed by atoms with Gasteiger partial charge in [-0.2, -0.15) is 0 Å². The van der Waals surface area contributed by atoms with E-state index in [0.717, 1.165) is 5.57 Å². The van der Waals surface area contributed by atoms with Crippen LogP contribution in [0.15, 0.2) is 46.1 Å². The molecule has 4 heterocycles. The van der Waals surface area contributed by atoms with E-state index in [1.54, 1.807) is 33.1 Å². The van der Waals surface area contributed by atoms with Crippen molar-refractivity contribution in [3.63, 3.8) is 0 Å². The molecule has 3 N–H and O–H groups in total. The summed E-state index contributed by atoms with van der Waals surface area (Å²) in [5.74, 6) is -7.06. The van der Waals surface area contributed by atoms with Crippen molar-refractivity contribution >= 4 is 23.4 Å². The third-order valence-corrected chi connectivity index (χ3v) is 13.6. The number of hydrogen-bond acceptors (Lipinski definition) is 13. The van der Waals surface area contributed by atoms with Crippen molar-refractivity contribution in [2.45, 2.75) is 173 Å². The van der Waals surface area contributed by atoms with Gasteiger partial charge in [0.2, 0.25) is 5.79 Å². The Morgan fingerprint density at radius 1 is 0.951 bits per heavy atom. The topological polar surface area (TPSA) is 191 Å². The number of piperidine rings is 1.